The predicted molar refractivity (Wildman–Crippen MR) is 80.1 cm³/mol. The first kappa shape index (κ1) is 14.2. The highest BCUT2D eigenvalue weighted by Crippen LogP contribution is 2.23. The average molecular weight is 269 g/mol. The summed E-state index contributed by atoms with van der Waals surface area (Å²) in [5.41, 5.74) is 6.10. The monoisotopic (exact) mass is 269 g/mol. The first-order valence-corrected chi connectivity index (χ1v) is 6.57. The molecule has 1 amide bonds. The Balaban J connectivity index is 2.38. The minimum Gasteiger partial charge on any atom is -0.321 e. The highest BCUT2D eigenvalue weighted by atomic mass is 16.1. The summed E-state index contributed by atoms with van der Waals surface area (Å²) in [4.78, 5) is 20.6. The lowest BCUT2D eigenvalue weighted by Gasteiger charge is -2.14. The van der Waals surface area contributed by atoms with Crippen LogP contribution in [-0.2, 0) is 0 Å². The molecule has 104 valence electrons. The van der Waals surface area contributed by atoms with Crippen molar-refractivity contribution in [3.63, 3.8) is 0 Å². The molecular formula is C16H19N3O. The first-order valence-electron chi connectivity index (χ1n) is 6.57. The van der Waals surface area contributed by atoms with E-state index in [9.17, 15) is 4.79 Å². The van der Waals surface area contributed by atoms with Crippen LogP contribution < -0.4 is 5.32 Å². The fourth-order valence-electron chi connectivity index (χ4n) is 2.47. The van der Waals surface area contributed by atoms with Crippen molar-refractivity contribution >= 4 is 11.6 Å². The van der Waals surface area contributed by atoms with E-state index in [-0.39, 0.29) is 5.91 Å². The zero-order valence-corrected chi connectivity index (χ0v) is 12.5. The molecule has 4 nitrogen and oxygen atoms in total. The number of aromatic nitrogens is 2. The van der Waals surface area contributed by atoms with Gasteiger partial charge in [0.25, 0.3) is 5.91 Å². The van der Waals surface area contributed by atoms with Crippen molar-refractivity contribution < 1.29 is 4.79 Å². The maximum Gasteiger partial charge on any atom is 0.259 e. The van der Waals surface area contributed by atoms with Gasteiger partial charge in [-0.3, -0.25) is 4.79 Å². The van der Waals surface area contributed by atoms with Crippen LogP contribution >= 0.6 is 0 Å². The molecule has 0 spiro atoms. The fourth-order valence-corrected chi connectivity index (χ4v) is 2.47. The van der Waals surface area contributed by atoms with Crippen LogP contribution in [0, 0.1) is 34.6 Å². The van der Waals surface area contributed by atoms with Gasteiger partial charge in [0.15, 0.2) is 0 Å². The number of rotatable bonds is 2. The van der Waals surface area contributed by atoms with Crippen molar-refractivity contribution in [1.29, 1.82) is 0 Å². The molecule has 0 aliphatic heterocycles. The van der Waals surface area contributed by atoms with Crippen molar-refractivity contribution in [3.8, 4) is 0 Å². The fraction of sp³-hybridized carbons (Fsp3) is 0.312. The zero-order valence-electron chi connectivity index (χ0n) is 12.5. The molecule has 0 aliphatic carbocycles. The summed E-state index contributed by atoms with van der Waals surface area (Å²) < 4.78 is 0. The van der Waals surface area contributed by atoms with Crippen LogP contribution in [0.25, 0.3) is 0 Å². The number of anilines is 1. The van der Waals surface area contributed by atoms with Crippen LogP contribution in [0.4, 0.5) is 5.69 Å². The number of nitrogens with one attached hydrogen (secondary N) is 1. The second-order valence-corrected chi connectivity index (χ2v) is 5.15. The smallest absolute Gasteiger partial charge is 0.259 e. The van der Waals surface area contributed by atoms with E-state index in [0.717, 1.165) is 16.8 Å². The number of aryl methyl sites for hydroxylation is 5. The summed E-state index contributed by atoms with van der Waals surface area (Å²) in [7, 11) is 0. The number of amides is 1. The Morgan fingerprint density at radius 2 is 1.45 bits per heavy atom. The largest absolute Gasteiger partial charge is 0.321 e. The molecule has 0 atom stereocenters. The minimum absolute atomic E-state index is 0.157. The number of carbonyl (C=O) groups is 1. The highest BCUT2D eigenvalue weighted by Gasteiger charge is 2.16. The lowest BCUT2D eigenvalue weighted by molar-refractivity contribution is 0.102. The molecule has 0 aliphatic rings. The van der Waals surface area contributed by atoms with Gasteiger partial charge in [-0.2, -0.15) is 0 Å². The Morgan fingerprint density at radius 3 is 1.95 bits per heavy atom. The number of nitrogens with zero attached hydrogens (tertiary/aromatic N) is 2. The van der Waals surface area contributed by atoms with Gasteiger partial charge in [-0.25, -0.2) is 9.97 Å². The van der Waals surface area contributed by atoms with Crippen molar-refractivity contribution in [2.75, 3.05) is 5.32 Å². The summed E-state index contributed by atoms with van der Waals surface area (Å²) >= 11 is 0. The van der Waals surface area contributed by atoms with E-state index in [0.29, 0.717) is 17.0 Å². The van der Waals surface area contributed by atoms with E-state index < -0.39 is 0 Å². The minimum atomic E-state index is -0.157. The molecular weight excluding hydrogens is 250 g/mol. The Hall–Kier alpha value is -2.23. The molecule has 0 fully saturated rings. The lowest BCUT2D eigenvalue weighted by atomic mass is 10.0. The molecule has 4 heteroatoms. The van der Waals surface area contributed by atoms with E-state index in [4.69, 9.17) is 0 Å². The maximum atomic E-state index is 12.5. The molecule has 1 aromatic heterocycles. The summed E-state index contributed by atoms with van der Waals surface area (Å²) in [5.74, 6) is -0.157. The number of carbonyl (C=O) groups excluding carboxylic acids is 1. The van der Waals surface area contributed by atoms with Crippen LogP contribution in [0.2, 0.25) is 0 Å². The summed E-state index contributed by atoms with van der Waals surface area (Å²) in [6.45, 7) is 9.68. The Kier molecular flexibility index (Phi) is 3.84. The zero-order chi connectivity index (χ0) is 14.9. The SMILES string of the molecule is Cc1cc(C)c(NC(=O)c2c(C)ncnc2C)c(C)c1. The summed E-state index contributed by atoms with van der Waals surface area (Å²) in [6, 6.07) is 4.12. The van der Waals surface area contributed by atoms with Gasteiger partial charge in [0.05, 0.1) is 17.0 Å². The standard InChI is InChI=1S/C16H19N3O/c1-9-6-10(2)15(11(3)7-9)19-16(20)14-12(4)17-8-18-13(14)5/h6-8H,1-5H3,(H,19,20). The van der Waals surface area contributed by atoms with Crippen LogP contribution in [-0.4, -0.2) is 15.9 Å². The van der Waals surface area contributed by atoms with Gasteiger partial charge >= 0.3 is 0 Å². The molecule has 2 aromatic rings. The molecule has 0 bridgehead atoms. The molecule has 20 heavy (non-hydrogen) atoms. The van der Waals surface area contributed by atoms with Gasteiger partial charge in [-0.15, -0.1) is 0 Å². The van der Waals surface area contributed by atoms with E-state index in [1.807, 2.05) is 34.6 Å². The average Bonchev–Trinajstić information content (AvgIpc) is 2.33. The molecule has 1 N–H and O–H groups in total. The van der Waals surface area contributed by atoms with E-state index in [2.05, 4.69) is 27.4 Å². The molecule has 0 unspecified atom stereocenters. The number of benzene rings is 1. The van der Waals surface area contributed by atoms with E-state index in [1.165, 1.54) is 11.9 Å². The molecule has 1 heterocycles. The predicted octanol–water partition coefficient (Wildman–Crippen LogP) is 3.27. The van der Waals surface area contributed by atoms with Crippen LogP contribution in [0.15, 0.2) is 18.5 Å². The Bertz CT molecular complexity index is 634. The Labute approximate surface area is 119 Å². The van der Waals surface area contributed by atoms with Gasteiger partial charge in [0.2, 0.25) is 0 Å². The Morgan fingerprint density at radius 1 is 0.950 bits per heavy atom. The quantitative estimate of drug-likeness (QED) is 0.910. The third-order valence-electron chi connectivity index (χ3n) is 3.37. The van der Waals surface area contributed by atoms with Crippen LogP contribution in [0.1, 0.15) is 38.4 Å². The van der Waals surface area contributed by atoms with E-state index >= 15 is 0 Å². The molecule has 0 saturated carbocycles. The molecule has 1 aromatic carbocycles. The van der Waals surface area contributed by atoms with Crippen molar-refractivity contribution in [2.24, 2.45) is 0 Å². The van der Waals surface area contributed by atoms with Gasteiger partial charge < -0.3 is 5.32 Å². The third kappa shape index (κ3) is 2.69. The van der Waals surface area contributed by atoms with Crippen molar-refractivity contribution in [1.82, 2.24) is 9.97 Å². The van der Waals surface area contributed by atoms with Crippen molar-refractivity contribution in [2.45, 2.75) is 34.6 Å². The number of hydrogen-bond acceptors (Lipinski definition) is 3. The van der Waals surface area contributed by atoms with Crippen molar-refractivity contribution in [3.05, 3.63) is 52.1 Å². The third-order valence-corrected chi connectivity index (χ3v) is 3.37. The van der Waals surface area contributed by atoms with Crippen LogP contribution in [0.5, 0.6) is 0 Å². The summed E-state index contributed by atoms with van der Waals surface area (Å²) in [6.07, 6.45) is 1.48. The molecule has 0 saturated heterocycles. The molecule has 0 radical (unpaired) electrons. The second-order valence-electron chi connectivity index (χ2n) is 5.15. The van der Waals surface area contributed by atoms with Gasteiger partial charge in [0.1, 0.15) is 6.33 Å². The topological polar surface area (TPSA) is 54.9 Å². The van der Waals surface area contributed by atoms with Gasteiger partial charge in [0, 0.05) is 5.69 Å². The number of hydrogen-bond donors (Lipinski definition) is 1. The van der Waals surface area contributed by atoms with E-state index in [1.54, 1.807) is 0 Å². The lowest BCUT2D eigenvalue weighted by Crippen LogP contribution is -2.18. The highest BCUT2D eigenvalue weighted by molar-refractivity contribution is 6.06. The maximum absolute atomic E-state index is 12.5. The summed E-state index contributed by atoms with van der Waals surface area (Å²) in [5, 5.41) is 2.98. The van der Waals surface area contributed by atoms with Crippen LogP contribution in [0.3, 0.4) is 0 Å². The second kappa shape index (κ2) is 5.41. The normalized spacial score (nSPS) is 10.4. The van der Waals surface area contributed by atoms with Gasteiger partial charge in [-0.1, -0.05) is 17.7 Å². The molecule has 2 rings (SSSR count). The first-order chi connectivity index (χ1) is 9.40. The van der Waals surface area contributed by atoms with Gasteiger partial charge in [-0.05, 0) is 45.7 Å².